The van der Waals surface area contributed by atoms with Gasteiger partial charge in [-0.15, -0.1) is 5.10 Å². The van der Waals surface area contributed by atoms with Gasteiger partial charge in [0.2, 0.25) is 5.91 Å². The van der Waals surface area contributed by atoms with Crippen LogP contribution in [0.25, 0.3) is 0 Å². The molecule has 0 N–H and O–H groups in total. The molecule has 30 heavy (non-hydrogen) atoms. The molecule has 2 fully saturated rings. The van der Waals surface area contributed by atoms with E-state index in [0.717, 1.165) is 51.0 Å². The summed E-state index contributed by atoms with van der Waals surface area (Å²) >= 11 is 0. The highest BCUT2D eigenvalue weighted by molar-refractivity contribution is 5.76. The van der Waals surface area contributed by atoms with Gasteiger partial charge >= 0.3 is 0 Å². The third kappa shape index (κ3) is 4.64. The SMILES string of the molecule is Cc1cccc(N2CCN(C(=O)Cn3nnnc3CN3CCC(C)CC3)CC2)c1C. The van der Waals surface area contributed by atoms with Crippen LogP contribution in [0.5, 0.6) is 0 Å². The summed E-state index contributed by atoms with van der Waals surface area (Å²) in [6.45, 7) is 12.9. The molecule has 1 amide bonds. The number of hydrogen-bond donors (Lipinski definition) is 0. The Labute approximate surface area is 178 Å². The van der Waals surface area contributed by atoms with Gasteiger partial charge in [-0.3, -0.25) is 9.69 Å². The Hall–Kier alpha value is -2.48. The lowest BCUT2D eigenvalue weighted by Crippen LogP contribution is -2.50. The number of amides is 1. The predicted molar refractivity (Wildman–Crippen MR) is 116 cm³/mol. The Kier molecular flexibility index (Phi) is 6.32. The largest absolute Gasteiger partial charge is 0.368 e. The normalized spacial score (nSPS) is 18.8. The Morgan fingerprint density at radius 1 is 1.07 bits per heavy atom. The fraction of sp³-hybridized carbons (Fsp3) is 0.636. The summed E-state index contributed by atoms with van der Waals surface area (Å²) in [6.07, 6.45) is 2.43. The van der Waals surface area contributed by atoms with Crippen LogP contribution in [0.15, 0.2) is 18.2 Å². The van der Waals surface area contributed by atoms with E-state index < -0.39 is 0 Å². The lowest BCUT2D eigenvalue weighted by molar-refractivity contribution is -0.132. The van der Waals surface area contributed by atoms with Crippen LogP contribution in [0.2, 0.25) is 0 Å². The highest BCUT2D eigenvalue weighted by Crippen LogP contribution is 2.24. The van der Waals surface area contributed by atoms with Crippen molar-refractivity contribution < 1.29 is 4.79 Å². The van der Waals surface area contributed by atoms with Gasteiger partial charge in [-0.1, -0.05) is 19.1 Å². The van der Waals surface area contributed by atoms with Gasteiger partial charge in [-0.05, 0) is 73.3 Å². The summed E-state index contributed by atoms with van der Waals surface area (Å²) in [4.78, 5) is 19.6. The average molecular weight is 412 g/mol. The number of carbonyl (C=O) groups excluding carboxylic acids is 1. The molecule has 3 heterocycles. The van der Waals surface area contributed by atoms with Crippen LogP contribution in [0.4, 0.5) is 5.69 Å². The average Bonchev–Trinajstić information content (AvgIpc) is 3.18. The smallest absolute Gasteiger partial charge is 0.244 e. The Bertz CT molecular complexity index is 864. The van der Waals surface area contributed by atoms with Gasteiger partial charge < -0.3 is 9.80 Å². The van der Waals surface area contributed by atoms with E-state index in [0.29, 0.717) is 6.54 Å². The van der Waals surface area contributed by atoms with E-state index in [1.54, 1.807) is 4.68 Å². The van der Waals surface area contributed by atoms with Crippen LogP contribution in [0.1, 0.15) is 36.7 Å². The van der Waals surface area contributed by atoms with E-state index in [1.165, 1.54) is 29.7 Å². The van der Waals surface area contributed by atoms with Gasteiger partial charge in [-0.2, -0.15) is 0 Å². The molecular formula is C22H33N7O. The van der Waals surface area contributed by atoms with E-state index in [9.17, 15) is 4.79 Å². The number of aromatic nitrogens is 4. The minimum Gasteiger partial charge on any atom is -0.368 e. The third-order valence-electron chi connectivity index (χ3n) is 6.68. The van der Waals surface area contributed by atoms with Crippen molar-refractivity contribution in [2.75, 3.05) is 44.2 Å². The molecule has 2 saturated heterocycles. The minimum atomic E-state index is 0.0939. The molecule has 0 spiro atoms. The van der Waals surface area contributed by atoms with Crippen molar-refractivity contribution in [3.05, 3.63) is 35.2 Å². The molecule has 0 bridgehead atoms. The zero-order chi connectivity index (χ0) is 21.1. The fourth-order valence-electron chi connectivity index (χ4n) is 4.38. The molecule has 4 rings (SSSR count). The second kappa shape index (κ2) is 9.12. The summed E-state index contributed by atoms with van der Waals surface area (Å²) < 4.78 is 1.68. The van der Waals surface area contributed by atoms with E-state index in [1.807, 2.05) is 4.90 Å². The second-order valence-corrected chi connectivity index (χ2v) is 8.80. The first kappa shape index (κ1) is 20.8. The van der Waals surface area contributed by atoms with Crippen LogP contribution in [0, 0.1) is 19.8 Å². The van der Waals surface area contributed by atoms with Gasteiger partial charge in [0.15, 0.2) is 5.82 Å². The molecule has 0 aliphatic carbocycles. The van der Waals surface area contributed by atoms with E-state index in [4.69, 9.17) is 0 Å². The number of carbonyl (C=O) groups is 1. The molecule has 0 saturated carbocycles. The van der Waals surface area contributed by atoms with Gasteiger partial charge in [0.25, 0.3) is 0 Å². The van der Waals surface area contributed by atoms with Crippen molar-refractivity contribution in [3.8, 4) is 0 Å². The minimum absolute atomic E-state index is 0.0939. The second-order valence-electron chi connectivity index (χ2n) is 8.80. The number of rotatable bonds is 5. The quantitative estimate of drug-likeness (QED) is 0.748. The maximum atomic E-state index is 12.9. The van der Waals surface area contributed by atoms with E-state index >= 15 is 0 Å². The third-order valence-corrected chi connectivity index (χ3v) is 6.68. The fourth-order valence-corrected chi connectivity index (χ4v) is 4.38. The number of benzene rings is 1. The summed E-state index contributed by atoms with van der Waals surface area (Å²) in [5.41, 5.74) is 3.91. The maximum Gasteiger partial charge on any atom is 0.244 e. The summed E-state index contributed by atoms with van der Waals surface area (Å²) in [5, 5.41) is 12.1. The van der Waals surface area contributed by atoms with Crippen molar-refractivity contribution in [1.29, 1.82) is 0 Å². The molecule has 2 aliphatic rings. The lowest BCUT2D eigenvalue weighted by Gasteiger charge is -2.37. The molecule has 2 aliphatic heterocycles. The molecule has 0 atom stereocenters. The maximum absolute atomic E-state index is 12.9. The molecule has 0 radical (unpaired) electrons. The molecule has 162 valence electrons. The molecule has 0 unspecified atom stereocenters. The highest BCUT2D eigenvalue weighted by Gasteiger charge is 2.24. The number of piperazine rings is 1. The number of hydrogen-bond acceptors (Lipinski definition) is 6. The first-order valence-corrected chi connectivity index (χ1v) is 11.1. The number of tetrazole rings is 1. The van der Waals surface area contributed by atoms with Gasteiger partial charge in [0, 0.05) is 31.9 Å². The van der Waals surface area contributed by atoms with Crippen molar-refractivity contribution in [1.82, 2.24) is 30.0 Å². The number of aryl methyl sites for hydroxylation is 1. The highest BCUT2D eigenvalue weighted by atomic mass is 16.2. The Balaban J connectivity index is 1.31. The molecule has 2 aromatic rings. The predicted octanol–water partition coefficient (Wildman–Crippen LogP) is 1.87. The Morgan fingerprint density at radius 2 is 1.80 bits per heavy atom. The molecule has 1 aromatic heterocycles. The molecular weight excluding hydrogens is 378 g/mol. The van der Waals surface area contributed by atoms with Crippen molar-refractivity contribution >= 4 is 11.6 Å². The van der Waals surface area contributed by atoms with Crippen LogP contribution >= 0.6 is 0 Å². The van der Waals surface area contributed by atoms with E-state index in [-0.39, 0.29) is 12.5 Å². The number of likely N-dealkylation sites (tertiary alicyclic amines) is 1. The van der Waals surface area contributed by atoms with Crippen LogP contribution in [-0.2, 0) is 17.9 Å². The summed E-state index contributed by atoms with van der Waals surface area (Å²) in [7, 11) is 0. The van der Waals surface area contributed by atoms with Crippen molar-refractivity contribution in [2.24, 2.45) is 5.92 Å². The first-order chi connectivity index (χ1) is 14.5. The zero-order valence-corrected chi connectivity index (χ0v) is 18.4. The van der Waals surface area contributed by atoms with Gasteiger partial charge in [0.1, 0.15) is 6.54 Å². The summed E-state index contributed by atoms with van der Waals surface area (Å²) in [6, 6.07) is 6.43. The molecule has 8 nitrogen and oxygen atoms in total. The molecule has 1 aromatic carbocycles. The number of piperidine rings is 1. The monoisotopic (exact) mass is 411 g/mol. The topological polar surface area (TPSA) is 70.4 Å². The standard InChI is InChI=1S/C22H33N7O/c1-17-7-9-26(10-8-17)15-21-23-24-25-29(21)16-22(30)28-13-11-27(12-14-28)20-6-4-5-18(2)19(20)3/h4-6,17H,7-16H2,1-3H3. The van der Waals surface area contributed by atoms with Crippen molar-refractivity contribution in [2.45, 2.75) is 46.7 Å². The number of anilines is 1. The summed E-state index contributed by atoms with van der Waals surface area (Å²) in [5.74, 6) is 1.67. The molecule has 8 heteroatoms. The zero-order valence-electron chi connectivity index (χ0n) is 18.4. The van der Waals surface area contributed by atoms with Crippen LogP contribution in [-0.4, -0.2) is 75.2 Å². The van der Waals surface area contributed by atoms with Crippen LogP contribution < -0.4 is 4.90 Å². The Morgan fingerprint density at radius 3 is 2.53 bits per heavy atom. The van der Waals surface area contributed by atoms with E-state index in [2.05, 4.69) is 64.3 Å². The van der Waals surface area contributed by atoms with Crippen molar-refractivity contribution in [3.63, 3.8) is 0 Å². The lowest BCUT2D eigenvalue weighted by atomic mass is 9.99. The van der Waals surface area contributed by atoms with Gasteiger partial charge in [0.05, 0.1) is 6.54 Å². The van der Waals surface area contributed by atoms with Gasteiger partial charge in [-0.25, -0.2) is 4.68 Å². The van der Waals surface area contributed by atoms with Crippen LogP contribution in [0.3, 0.4) is 0 Å². The first-order valence-electron chi connectivity index (χ1n) is 11.1. The number of nitrogens with zero attached hydrogens (tertiary/aromatic N) is 7.